The van der Waals surface area contributed by atoms with Gasteiger partial charge in [0, 0.05) is 43.2 Å². The van der Waals surface area contributed by atoms with Crippen molar-refractivity contribution in [2.75, 3.05) is 20.6 Å². The molecule has 1 fully saturated rings. The van der Waals surface area contributed by atoms with Crippen molar-refractivity contribution >= 4 is 22.8 Å². The van der Waals surface area contributed by atoms with Gasteiger partial charge in [0.2, 0.25) is 0 Å². The summed E-state index contributed by atoms with van der Waals surface area (Å²) in [5, 5.41) is 0. The van der Waals surface area contributed by atoms with E-state index in [1.807, 2.05) is 35.2 Å². The SMILES string of the molecule is CN(C)C(=O)c1cccc2c1CC1N(C(=O)c3ccc4nc[nH]c4c3)CC[C@]2(C)C1(C)C. The highest BCUT2D eigenvalue weighted by atomic mass is 16.2. The summed E-state index contributed by atoms with van der Waals surface area (Å²) in [6.07, 6.45) is 3.20. The molecule has 2 aliphatic rings. The van der Waals surface area contributed by atoms with Gasteiger partial charge in [0.15, 0.2) is 0 Å². The predicted octanol–water partition coefficient (Wildman–Crippen LogP) is 4.02. The first-order valence-electron chi connectivity index (χ1n) is 11.2. The Kier molecular flexibility index (Phi) is 4.49. The van der Waals surface area contributed by atoms with Crippen molar-refractivity contribution < 1.29 is 9.59 Å². The van der Waals surface area contributed by atoms with Crippen LogP contribution in [0.15, 0.2) is 42.7 Å². The summed E-state index contributed by atoms with van der Waals surface area (Å²) in [4.78, 5) is 37.7. The number of hydrogen-bond donors (Lipinski definition) is 1. The summed E-state index contributed by atoms with van der Waals surface area (Å²) >= 11 is 0. The number of hydrogen-bond acceptors (Lipinski definition) is 3. The zero-order valence-electron chi connectivity index (χ0n) is 19.4. The number of benzene rings is 2. The number of H-pyrrole nitrogens is 1. The standard InChI is InChI=1S/C26H30N4O2/c1-25(2)22-14-18-17(24(32)29(4)5)7-6-8-19(18)26(25,3)11-12-30(22)23(31)16-9-10-20-21(13-16)28-15-27-20/h6-10,13,15,22H,11-12,14H2,1-5H3,(H,27,28)/t22?,26-/m0/s1. The maximum absolute atomic E-state index is 13.7. The van der Waals surface area contributed by atoms with Gasteiger partial charge in [-0.2, -0.15) is 0 Å². The minimum Gasteiger partial charge on any atom is -0.345 e. The number of carbonyl (C=O) groups is 2. The summed E-state index contributed by atoms with van der Waals surface area (Å²) in [5.41, 5.74) is 5.26. The van der Waals surface area contributed by atoms with Crippen LogP contribution in [-0.4, -0.2) is 58.3 Å². The Labute approximate surface area is 188 Å². The molecule has 6 nitrogen and oxygen atoms in total. The summed E-state index contributed by atoms with van der Waals surface area (Å²) < 4.78 is 0. The molecule has 0 spiro atoms. The molecule has 1 aliphatic heterocycles. The number of aromatic nitrogens is 2. The monoisotopic (exact) mass is 430 g/mol. The first-order chi connectivity index (χ1) is 15.1. The lowest BCUT2D eigenvalue weighted by Crippen LogP contribution is -2.65. The van der Waals surface area contributed by atoms with Crippen molar-refractivity contribution in [2.45, 2.75) is 45.1 Å². The first-order valence-corrected chi connectivity index (χ1v) is 11.2. The van der Waals surface area contributed by atoms with Crippen molar-refractivity contribution in [2.24, 2.45) is 5.41 Å². The highest BCUT2D eigenvalue weighted by Crippen LogP contribution is 2.56. The summed E-state index contributed by atoms with van der Waals surface area (Å²) in [6, 6.07) is 11.8. The van der Waals surface area contributed by atoms with Crippen LogP contribution in [0, 0.1) is 5.41 Å². The quantitative estimate of drug-likeness (QED) is 0.668. The Morgan fingerprint density at radius 3 is 2.69 bits per heavy atom. The van der Waals surface area contributed by atoms with Crippen LogP contribution in [0.2, 0.25) is 0 Å². The molecule has 6 heteroatoms. The molecular weight excluding hydrogens is 400 g/mol. The second-order valence-electron chi connectivity index (χ2n) is 10.2. The van der Waals surface area contributed by atoms with Gasteiger partial charge in [-0.25, -0.2) is 4.98 Å². The van der Waals surface area contributed by atoms with Gasteiger partial charge in [-0.15, -0.1) is 0 Å². The second kappa shape index (κ2) is 6.92. The van der Waals surface area contributed by atoms with Crippen LogP contribution in [-0.2, 0) is 11.8 Å². The maximum atomic E-state index is 13.7. The van der Waals surface area contributed by atoms with E-state index in [2.05, 4.69) is 36.8 Å². The highest BCUT2D eigenvalue weighted by molar-refractivity contribution is 5.98. The van der Waals surface area contributed by atoms with E-state index in [4.69, 9.17) is 0 Å². The lowest BCUT2D eigenvalue weighted by Gasteiger charge is -2.61. The van der Waals surface area contributed by atoms with E-state index in [9.17, 15) is 9.59 Å². The smallest absolute Gasteiger partial charge is 0.254 e. The molecule has 0 radical (unpaired) electrons. The molecule has 1 aromatic heterocycles. The number of piperidine rings is 1. The van der Waals surface area contributed by atoms with Crippen LogP contribution < -0.4 is 0 Å². The van der Waals surface area contributed by atoms with Crippen LogP contribution in [0.3, 0.4) is 0 Å². The Bertz CT molecular complexity index is 1240. The van der Waals surface area contributed by atoms with E-state index in [0.29, 0.717) is 18.5 Å². The van der Waals surface area contributed by atoms with E-state index in [-0.39, 0.29) is 28.7 Å². The second-order valence-corrected chi connectivity index (χ2v) is 10.2. The number of likely N-dealkylation sites (tertiary alicyclic amines) is 1. The number of amides is 2. The maximum Gasteiger partial charge on any atom is 0.254 e. The molecular formula is C26H30N4O2. The Balaban J connectivity index is 1.59. The fraction of sp³-hybridized carbons (Fsp3) is 0.423. The molecule has 1 N–H and O–H groups in total. The van der Waals surface area contributed by atoms with Gasteiger partial charge in [0.05, 0.1) is 17.4 Å². The molecule has 3 aromatic rings. The molecule has 2 bridgehead atoms. The van der Waals surface area contributed by atoms with Crippen molar-refractivity contribution in [3.63, 3.8) is 0 Å². The van der Waals surface area contributed by atoms with Gasteiger partial charge in [-0.05, 0) is 53.6 Å². The number of aromatic amines is 1. The van der Waals surface area contributed by atoms with E-state index in [1.54, 1.807) is 25.3 Å². The summed E-state index contributed by atoms with van der Waals surface area (Å²) in [6.45, 7) is 7.56. The number of fused-ring (bicyclic) bond motifs is 5. The first kappa shape index (κ1) is 20.7. The van der Waals surface area contributed by atoms with Crippen molar-refractivity contribution in [1.29, 1.82) is 0 Å². The number of rotatable bonds is 2. The van der Waals surface area contributed by atoms with Crippen LogP contribution >= 0.6 is 0 Å². The molecule has 5 rings (SSSR count). The molecule has 1 aliphatic carbocycles. The minimum atomic E-state index is -0.133. The molecule has 1 unspecified atom stereocenters. The Morgan fingerprint density at radius 1 is 1.16 bits per heavy atom. The average molecular weight is 431 g/mol. The molecule has 2 amide bonds. The molecule has 1 saturated heterocycles. The van der Waals surface area contributed by atoms with Gasteiger partial charge in [0.25, 0.3) is 11.8 Å². The van der Waals surface area contributed by atoms with Crippen LogP contribution in [0.4, 0.5) is 0 Å². The zero-order chi connectivity index (χ0) is 22.8. The Hall–Kier alpha value is -3.15. The van der Waals surface area contributed by atoms with Gasteiger partial charge in [-0.3, -0.25) is 9.59 Å². The fourth-order valence-electron chi connectivity index (χ4n) is 5.86. The largest absolute Gasteiger partial charge is 0.345 e. The third kappa shape index (κ3) is 2.74. The predicted molar refractivity (Wildman–Crippen MR) is 125 cm³/mol. The summed E-state index contributed by atoms with van der Waals surface area (Å²) in [5.74, 6) is 0.0623. The van der Waals surface area contributed by atoms with Crippen LogP contribution in [0.25, 0.3) is 11.0 Å². The lowest BCUT2D eigenvalue weighted by molar-refractivity contribution is -0.0263. The van der Waals surface area contributed by atoms with Gasteiger partial charge in [-0.1, -0.05) is 32.9 Å². The van der Waals surface area contributed by atoms with Gasteiger partial charge < -0.3 is 14.8 Å². The molecule has 166 valence electrons. The molecule has 0 saturated carbocycles. The van der Waals surface area contributed by atoms with Crippen molar-refractivity contribution in [3.8, 4) is 0 Å². The molecule has 32 heavy (non-hydrogen) atoms. The van der Waals surface area contributed by atoms with Crippen molar-refractivity contribution in [3.05, 3.63) is 65.0 Å². The number of nitrogens with one attached hydrogen (secondary N) is 1. The number of carbonyl (C=O) groups excluding carboxylic acids is 2. The van der Waals surface area contributed by atoms with E-state index >= 15 is 0 Å². The lowest BCUT2D eigenvalue weighted by atomic mass is 9.50. The van der Waals surface area contributed by atoms with Crippen LogP contribution in [0.5, 0.6) is 0 Å². The molecule has 2 aromatic carbocycles. The third-order valence-electron chi connectivity index (χ3n) is 8.22. The zero-order valence-corrected chi connectivity index (χ0v) is 19.4. The number of nitrogens with zero attached hydrogens (tertiary/aromatic N) is 3. The van der Waals surface area contributed by atoms with E-state index in [1.165, 1.54) is 5.56 Å². The topological polar surface area (TPSA) is 69.3 Å². The van der Waals surface area contributed by atoms with Crippen LogP contribution in [0.1, 0.15) is 59.0 Å². The normalized spacial score (nSPS) is 23.7. The van der Waals surface area contributed by atoms with Crippen molar-refractivity contribution in [1.82, 2.24) is 19.8 Å². The average Bonchev–Trinajstić information content (AvgIpc) is 3.23. The number of imidazole rings is 1. The van der Waals surface area contributed by atoms with E-state index < -0.39 is 0 Å². The highest BCUT2D eigenvalue weighted by Gasteiger charge is 2.57. The molecule has 2 heterocycles. The fourth-order valence-corrected chi connectivity index (χ4v) is 5.86. The minimum absolute atomic E-state index is 0.00910. The third-order valence-corrected chi connectivity index (χ3v) is 8.22. The van der Waals surface area contributed by atoms with Gasteiger partial charge >= 0.3 is 0 Å². The Morgan fingerprint density at radius 2 is 1.94 bits per heavy atom. The summed E-state index contributed by atoms with van der Waals surface area (Å²) in [7, 11) is 3.58. The van der Waals surface area contributed by atoms with Gasteiger partial charge in [0.1, 0.15) is 0 Å². The van der Waals surface area contributed by atoms with E-state index in [0.717, 1.165) is 28.6 Å². The molecule has 2 atom stereocenters.